The smallest absolute Gasteiger partial charge is 0.260 e. The zero-order chi connectivity index (χ0) is 23.9. The first-order valence-electron chi connectivity index (χ1n) is 11.2. The number of carbonyl (C=O) groups excluding carboxylic acids is 2. The monoisotopic (exact) mass is 477 g/mol. The van der Waals surface area contributed by atoms with Crippen molar-refractivity contribution >= 4 is 23.2 Å². The number of primary amides is 1. The van der Waals surface area contributed by atoms with Crippen molar-refractivity contribution in [3.8, 4) is 22.5 Å². The first kappa shape index (κ1) is 23.4. The number of unbranched alkanes of at least 4 members (excludes halogenated alkanes) is 2. The van der Waals surface area contributed by atoms with Crippen molar-refractivity contribution in [2.75, 3.05) is 7.05 Å². The summed E-state index contributed by atoms with van der Waals surface area (Å²) in [5, 5.41) is 10.4. The van der Waals surface area contributed by atoms with Crippen molar-refractivity contribution in [3.05, 3.63) is 64.6 Å². The fourth-order valence-electron chi connectivity index (χ4n) is 3.78. The number of rotatable bonds is 11. The fraction of sp³-hybridized carbons (Fsp3) is 0.292. The Morgan fingerprint density at radius 1 is 1.03 bits per heavy atom. The summed E-state index contributed by atoms with van der Waals surface area (Å²) in [7, 11) is 1.65. The third-order valence-electron chi connectivity index (χ3n) is 5.67. The molecule has 1 atom stereocenters. The Labute approximate surface area is 201 Å². The normalized spacial score (nSPS) is 11.9. The van der Waals surface area contributed by atoms with Gasteiger partial charge in [-0.15, -0.1) is 11.3 Å². The van der Waals surface area contributed by atoms with Crippen LogP contribution in [-0.2, 0) is 4.79 Å². The van der Waals surface area contributed by atoms with Gasteiger partial charge >= 0.3 is 0 Å². The predicted octanol–water partition coefficient (Wildman–Crippen LogP) is 3.85. The number of nitrogens with one attached hydrogen (secondary N) is 3. The zero-order valence-electron chi connectivity index (χ0n) is 18.9. The number of nitrogens with two attached hydrogens (primary N) is 1. The van der Waals surface area contributed by atoms with Crippen molar-refractivity contribution in [3.63, 3.8) is 0 Å². The number of carbonyl (C=O) groups is 2. The molecule has 3 aromatic heterocycles. The first-order valence-corrected chi connectivity index (χ1v) is 12.0. The average molecular weight is 478 g/mol. The van der Waals surface area contributed by atoms with E-state index in [4.69, 9.17) is 5.73 Å². The van der Waals surface area contributed by atoms with Crippen LogP contribution in [0.4, 0.5) is 0 Å². The van der Waals surface area contributed by atoms with E-state index >= 15 is 0 Å². The van der Waals surface area contributed by atoms with Gasteiger partial charge in [0.25, 0.3) is 5.91 Å². The minimum atomic E-state index is -0.481. The molecule has 9 nitrogen and oxygen atoms in total. The van der Waals surface area contributed by atoms with Gasteiger partial charge in [0.2, 0.25) is 5.91 Å². The van der Waals surface area contributed by atoms with E-state index in [9.17, 15) is 9.59 Å². The molecule has 3 heterocycles. The third kappa shape index (κ3) is 5.57. The highest BCUT2D eigenvalue weighted by Gasteiger charge is 2.22. The number of benzene rings is 1. The van der Waals surface area contributed by atoms with Crippen LogP contribution >= 0.6 is 11.3 Å². The van der Waals surface area contributed by atoms with Crippen LogP contribution in [0.15, 0.2) is 48.9 Å². The minimum absolute atomic E-state index is 0.0526. The number of hydrogen-bond acceptors (Lipinski definition) is 6. The highest BCUT2D eigenvalue weighted by Crippen LogP contribution is 2.33. The molecule has 1 aromatic carbocycles. The molecule has 2 amide bonds. The number of amides is 2. The van der Waals surface area contributed by atoms with Gasteiger partial charge in [-0.05, 0) is 30.0 Å². The fourth-order valence-corrected chi connectivity index (χ4v) is 4.69. The summed E-state index contributed by atoms with van der Waals surface area (Å²) in [5.41, 5.74) is 9.37. The topological polar surface area (TPSA) is 142 Å². The SMILES string of the molecule is CNC(=O)CCCCCC(c1ncc(-c2ccc(-c3ccn[nH]3)cc2)[nH]1)c1ncc(C(N)=O)s1. The lowest BCUT2D eigenvalue weighted by atomic mass is 10.0. The van der Waals surface area contributed by atoms with E-state index in [1.54, 1.807) is 13.2 Å². The van der Waals surface area contributed by atoms with Crippen LogP contribution in [0.25, 0.3) is 22.5 Å². The lowest BCUT2D eigenvalue weighted by molar-refractivity contribution is -0.120. The van der Waals surface area contributed by atoms with E-state index in [2.05, 4.69) is 30.5 Å². The summed E-state index contributed by atoms with van der Waals surface area (Å²) in [6.07, 6.45) is 9.03. The molecule has 0 aliphatic carbocycles. The van der Waals surface area contributed by atoms with E-state index in [1.165, 1.54) is 17.5 Å². The van der Waals surface area contributed by atoms with Gasteiger partial charge in [-0.2, -0.15) is 5.10 Å². The van der Waals surface area contributed by atoms with Crippen molar-refractivity contribution in [2.45, 2.75) is 38.0 Å². The van der Waals surface area contributed by atoms with Crippen molar-refractivity contribution < 1.29 is 9.59 Å². The molecule has 0 spiro atoms. The summed E-state index contributed by atoms with van der Waals surface area (Å²) >= 11 is 1.30. The summed E-state index contributed by atoms with van der Waals surface area (Å²) in [6.45, 7) is 0. The highest BCUT2D eigenvalue weighted by molar-refractivity contribution is 7.13. The molecule has 5 N–H and O–H groups in total. The quantitative estimate of drug-likeness (QED) is 0.243. The molecular formula is C24H27N7O2S. The molecule has 0 radical (unpaired) electrons. The van der Waals surface area contributed by atoms with Gasteiger partial charge in [0.15, 0.2) is 0 Å². The number of imidazole rings is 1. The summed E-state index contributed by atoms with van der Waals surface area (Å²) < 4.78 is 0. The Hall–Kier alpha value is -3.79. The molecule has 4 rings (SSSR count). The highest BCUT2D eigenvalue weighted by atomic mass is 32.1. The Kier molecular flexibility index (Phi) is 7.48. The summed E-state index contributed by atoms with van der Waals surface area (Å²) in [5.74, 6) is 0.280. The molecule has 0 aliphatic heterocycles. The van der Waals surface area contributed by atoms with Gasteiger partial charge < -0.3 is 16.0 Å². The maximum Gasteiger partial charge on any atom is 0.260 e. The van der Waals surface area contributed by atoms with Crippen LogP contribution in [0.3, 0.4) is 0 Å². The van der Waals surface area contributed by atoms with Gasteiger partial charge in [0, 0.05) is 19.7 Å². The van der Waals surface area contributed by atoms with Crippen LogP contribution in [-0.4, -0.2) is 44.0 Å². The molecule has 0 aliphatic rings. The van der Waals surface area contributed by atoms with Crippen molar-refractivity contribution in [1.82, 2.24) is 30.5 Å². The van der Waals surface area contributed by atoms with Gasteiger partial charge in [-0.1, -0.05) is 37.1 Å². The maximum atomic E-state index is 11.6. The number of aromatic amines is 2. The molecule has 0 saturated heterocycles. The molecule has 10 heteroatoms. The van der Waals surface area contributed by atoms with Crippen LogP contribution in [0.1, 0.15) is 58.5 Å². The molecular weight excluding hydrogens is 450 g/mol. The van der Waals surface area contributed by atoms with Crippen LogP contribution < -0.4 is 11.1 Å². The molecule has 34 heavy (non-hydrogen) atoms. The van der Waals surface area contributed by atoms with E-state index in [0.29, 0.717) is 11.3 Å². The molecule has 1 unspecified atom stereocenters. The Morgan fingerprint density at radius 2 is 1.79 bits per heavy atom. The van der Waals surface area contributed by atoms with E-state index in [0.717, 1.165) is 59.0 Å². The first-order chi connectivity index (χ1) is 16.5. The Balaban J connectivity index is 1.50. The molecule has 0 saturated carbocycles. The Morgan fingerprint density at radius 3 is 2.44 bits per heavy atom. The molecule has 4 aromatic rings. The van der Waals surface area contributed by atoms with Gasteiger partial charge in [0.1, 0.15) is 15.7 Å². The van der Waals surface area contributed by atoms with E-state index in [1.807, 2.05) is 36.5 Å². The predicted molar refractivity (Wildman–Crippen MR) is 131 cm³/mol. The molecule has 0 bridgehead atoms. The largest absolute Gasteiger partial charge is 0.365 e. The number of thiazole rings is 1. The number of nitrogens with zero attached hydrogens (tertiary/aromatic N) is 3. The van der Waals surface area contributed by atoms with Gasteiger partial charge in [-0.3, -0.25) is 14.7 Å². The minimum Gasteiger partial charge on any atom is -0.365 e. The lowest BCUT2D eigenvalue weighted by Crippen LogP contribution is -2.16. The van der Waals surface area contributed by atoms with Crippen LogP contribution in [0.2, 0.25) is 0 Å². The summed E-state index contributed by atoms with van der Waals surface area (Å²) in [6, 6.07) is 10.1. The van der Waals surface area contributed by atoms with E-state index in [-0.39, 0.29) is 11.8 Å². The van der Waals surface area contributed by atoms with Crippen LogP contribution in [0, 0.1) is 0 Å². The average Bonchev–Trinajstić information content (AvgIpc) is 3.63. The third-order valence-corrected chi connectivity index (χ3v) is 6.80. The van der Waals surface area contributed by atoms with Crippen LogP contribution in [0.5, 0.6) is 0 Å². The second kappa shape index (κ2) is 10.9. The van der Waals surface area contributed by atoms with Gasteiger partial charge in [-0.25, -0.2) is 9.97 Å². The second-order valence-electron chi connectivity index (χ2n) is 7.98. The molecule has 0 fully saturated rings. The standard InChI is InChI=1S/C24H27N7O2S/c1-26-21(32)6-4-2-3-5-17(24-28-14-20(34-24)22(25)33)23-27-13-19(30-23)16-9-7-15(8-10-16)18-11-12-29-31-18/h7-14,17H,2-6H2,1H3,(H2,25,33)(H,26,32)(H,27,30)(H,29,31). The summed E-state index contributed by atoms with van der Waals surface area (Å²) in [4.78, 5) is 36.0. The zero-order valence-corrected chi connectivity index (χ0v) is 19.7. The number of aromatic nitrogens is 5. The second-order valence-corrected chi connectivity index (χ2v) is 9.04. The van der Waals surface area contributed by atoms with Crippen molar-refractivity contribution in [1.29, 1.82) is 0 Å². The van der Waals surface area contributed by atoms with Gasteiger partial charge in [0.05, 0.1) is 29.7 Å². The van der Waals surface area contributed by atoms with Crippen molar-refractivity contribution in [2.24, 2.45) is 5.73 Å². The maximum absolute atomic E-state index is 11.6. The number of hydrogen-bond donors (Lipinski definition) is 4. The Bertz CT molecular complexity index is 1230. The van der Waals surface area contributed by atoms with E-state index < -0.39 is 5.91 Å². The molecule has 176 valence electrons. The number of H-pyrrole nitrogens is 2. The lowest BCUT2D eigenvalue weighted by Gasteiger charge is -2.12.